The molecule has 0 nitrogen and oxygen atoms in total. The van der Waals surface area contributed by atoms with Crippen molar-refractivity contribution in [2.75, 3.05) is 5.88 Å². The molecular formula is C11H23Cl. The SMILES string of the molecule is CCC(C)(C)CC(C)(CC)CCl. The Morgan fingerprint density at radius 2 is 1.50 bits per heavy atom. The average Bonchev–Trinajstić information content (AvgIpc) is 2.04. The molecule has 0 amide bonds. The first kappa shape index (κ1) is 12.3. The molecule has 0 spiro atoms. The minimum atomic E-state index is 0.334. The molecule has 1 heteroatoms. The van der Waals surface area contributed by atoms with Crippen molar-refractivity contribution in [3.05, 3.63) is 0 Å². The van der Waals surface area contributed by atoms with Gasteiger partial charge in [0, 0.05) is 5.88 Å². The van der Waals surface area contributed by atoms with Gasteiger partial charge in [0.05, 0.1) is 0 Å². The van der Waals surface area contributed by atoms with Crippen LogP contribution in [-0.4, -0.2) is 5.88 Å². The number of rotatable bonds is 5. The van der Waals surface area contributed by atoms with E-state index in [0.717, 1.165) is 5.88 Å². The van der Waals surface area contributed by atoms with Crippen LogP contribution in [0.5, 0.6) is 0 Å². The van der Waals surface area contributed by atoms with Crippen LogP contribution in [0, 0.1) is 10.8 Å². The van der Waals surface area contributed by atoms with Crippen LogP contribution in [0.3, 0.4) is 0 Å². The van der Waals surface area contributed by atoms with Crippen LogP contribution >= 0.6 is 11.6 Å². The monoisotopic (exact) mass is 190 g/mol. The Morgan fingerprint density at radius 3 is 1.75 bits per heavy atom. The fourth-order valence-electron chi connectivity index (χ4n) is 1.55. The zero-order valence-electron chi connectivity index (χ0n) is 9.21. The molecular weight excluding hydrogens is 168 g/mol. The summed E-state index contributed by atoms with van der Waals surface area (Å²) in [4.78, 5) is 0. The van der Waals surface area contributed by atoms with Gasteiger partial charge in [-0.2, -0.15) is 0 Å². The first-order chi connectivity index (χ1) is 5.39. The van der Waals surface area contributed by atoms with Crippen LogP contribution in [0.15, 0.2) is 0 Å². The molecule has 0 aliphatic heterocycles. The summed E-state index contributed by atoms with van der Waals surface area (Å²) in [6.45, 7) is 11.4. The molecule has 74 valence electrons. The van der Waals surface area contributed by atoms with Gasteiger partial charge in [-0.15, -0.1) is 11.6 Å². The molecule has 0 saturated carbocycles. The third kappa shape index (κ3) is 3.80. The minimum absolute atomic E-state index is 0.334. The van der Waals surface area contributed by atoms with Gasteiger partial charge in [-0.05, 0) is 23.7 Å². The fourth-order valence-corrected chi connectivity index (χ4v) is 1.83. The maximum absolute atomic E-state index is 5.97. The highest BCUT2D eigenvalue weighted by molar-refractivity contribution is 6.18. The van der Waals surface area contributed by atoms with E-state index in [1.165, 1.54) is 19.3 Å². The zero-order valence-corrected chi connectivity index (χ0v) is 9.96. The predicted octanol–water partition coefficient (Wildman–Crippen LogP) is 4.47. The van der Waals surface area contributed by atoms with Crippen LogP contribution < -0.4 is 0 Å². The summed E-state index contributed by atoms with van der Waals surface area (Å²) < 4.78 is 0. The van der Waals surface area contributed by atoms with Crippen LogP contribution in [0.1, 0.15) is 53.9 Å². The topological polar surface area (TPSA) is 0 Å². The molecule has 0 aromatic heterocycles. The summed E-state index contributed by atoms with van der Waals surface area (Å²) in [6, 6.07) is 0. The van der Waals surface area contributed by atoms with Crippen LogP contribution in [0.25, 0.3) is 0 Å². The van der Waals surface area contributed by atoms with Crippen LogP contribution in [-0.2, 0) is 0 Å². The maximum atomic E-state index is 5.97. The van der Waals surface area contributed by atoms with Crippen molar-refractivity contribution < 1.29 is 0 Å². The van der Waals surface area contributed by atoms with E-state index in [-0.39, 0.29) is 0 Å². The molecule has 1 atom stereocenters. The molecule has 1 unspecified atom stereocenters. The molecule has 0 fully saturated rings. The highest BCUT2D eigenvalue weighted by Crippen LogP contribution is 2.38. The fraction of sp³-hybridized carbons (Fsp3) is 1.00. The molecule has 0 heterocycles. The van der Waals surface area contributed by atoms with E-state index in [0.29, 0.717) is 10.8 Å². The predicted molar refractivity (Wildman–Crippen MR) is 57.8 cm³/mol. The Labute approximate surface area is 82.7 Å². The van der Waals surface area contributed by atoms with Crippen molar-refractivity contribution >= 4 is 11.6 Å². The standard InChI is InChI=1S/C11H23Cl/c1-6-10(3,4)8-11(5,7-2)9-12/h6-9H2,1-5H3. The second-order valence-corrected chi connectivity index (χ2v) is 5.26. The first-order valence-electron chi connectivity index (χ1n) is 4.95. The van der Waals surface area contributed by atoms with Gasteiger partial charge in [0.2, 0.25) is 0 Å². The largest absolute Gasteiger partial charge is 0.126 e. The number of hydrogen-bond donors (Lipinski definition) is 0. The van der Waals surface area contributed by atoms with Crippen molar-refractivity contribution in [3.8, 4) is 0 Å². The number of alkyl halides is 1. The Hall–Kier alpha value is 0.290. The molecule has 0 rings (SSSR count). The summed E-state index contributed by atoms with van der Waals surface area (Å²) in [6.07, 6.45) is 3.65. The van der Waals surface area contributed by atoms with Gasteiger partial charge in [0.25, 0.3) is 0 Å². The van der Waals surface area contributed by atoms with Crippen LogP contribution in [0.2, 0.25) is 0 Å². The van der Waals surface area contributed by atoms with E-state index in [9.17, 15) is 0 Å². The summed E-state index contributed by atoms with van der Waals surface area (Å²) in [5.41, 5.74) is 0.778. The van der Waals surface area contributed by atoms with E-state index in [1.807, 2.05) is 0 Å². The quantitative estimate of drug-likeness (QED) is 0.562. The van der Waals surface area contributed by atoms with E-state index in [4.69, 9.17) is 11.6 Å². The molecule has 0 bridgehead atoms. The van der Waals surface area contributed by atoms with Gasteiger partial charge in [0.1, 0.15) is 0 Å². The highest BCUT2D eigenvalue weighted by Gasteiger charge is 2.29. The molecule has 0 aliphatic carbocycles. The molecule has 12 heavy (non-hydrogen) atoms. The lowest BCUT2D eigenvalue weighted by molar-refractivity contribution is 0.186. The minimum Gasteiger partial charge on any atom is -0.126 e. The number of halogens is 1. The van der Waals surface area contributed by atoms with Crippen molar-refractivity contribution in [2.45, 2.75) is 53.9 Å². The Kier molecular flexibility index (Phi) is 4.61. The van der Waals surface area contributed by atoms with Crippen molar-refractivity contribution in [3.63, 3.8) is 0 Å². The summed E-state index contributed by atoms with van der Waals surface area (Å²) >= 11 is 5.97. The Morgan fingerprint density at radius 1 is 1.00 bits per heavy atom. The lowest BCUT2D eigenvalue weighted by Gasteiger charge is -2.35. The Balaban J connectivity index is 4.20. The lowest BCUT2D eigenvalue weighted by Crippen LogP contribution is -2.26. The molecule has 0 N–H and O–H groups in total. The van der Waals surface area contributed by atoms with E-state index >= 15 is 0 Å². The number of hydrogen-bond acceptors (Lipinski definition) is 0. The molecule has 0 radical (unpaired) electrons. The van der Waals surface area contributed by atoms with Crippen molar-refractivity contribution in [1.82, 2.24) is 0 Å². The van der Waals surface area contributed by atoms with Gasteiger partial charge in [0.15, 0.2) is 0 Å². The van der Waals surface area contributed by atoms with Crippen molar-refractivity contribution in [1.29, 1.82) is 0 Å². The summed E-state index contributed by atoms with van der Waals surface area (Å²) in [5.74, 6) is 0.785. The van der Waals surface area contributed by atoms with Crippen molar-refractivity contribution in [2.24, 2.45) is 10.8 Å². The van der Waals surface area contributed by atoms with Gasteiger partial charge in [-0.3, -0.25) is 0 Å². The van der Waals surface area contributed by atoms with Crippen LogP contribution in [0.4, 0.5) is 0 Å². The molecule has 0 aromatic rings. The maximum Gasteiger partial charge on any atom is 0.0277 e. The van der Waals surface area contributed by atoms with E-state index in [1.54, 1.807) is 0 Å². The van der Waals surface area contributed by atoms with Gasteiger partial charge in [-0.1, -0.05) is 41.0 Å². The summed E-state index contributed by atoms with van der Waals surface area (Å²) in [7, 11) is 0. The van der Waals surface area contributed by atoms with E-state index < -0.39 is 0 Å². The lowest BCUT2D eigenvalue weighted by atomic mass is 9.72. The second-order valence-electron chi connectivity index (χ2n) is 4.99. The third-order valence-corrected chi connectivity index (χ3v) is 3.68. The first-order valence-corrected chi connectivity index (χ1v) is 5.48. The average molecular weight is 191 g/mol. The summed E-state index contributed by atoms with van der Waals surface area (Å²) in [5, 5.41) is 0. The van der Waals surface area contributed by atoms with Gasteiger partial charge in [-0.25, -0.2) is 0 Å². The second kappa shape index (κ2) is 4.50. The molecule has 0 saturated heterocycles. The smallest absolute Gasteiger partial charge is 0.0277 e. The normalized spacial score (nSPS) is 17.5. The zero-order chi connectivity index (χ0) is 9.83. The highest BCUT2D eigenvalue weighted by atomic mass is 35.5. The molecule has 0 aliphatic rings. The van der Waals surface area contributed by atoms with Gasteiger partial charge >= 0.3 is 0 Å². The molecule has 0 aromatic carbocycles. The Bertz CT molecular complexity index is 123. The van der Waals surface area contributed by atoms with E-state index in [2.05, 4.69) is 34.6 Å². The van der Waals surface area contributed by atoms with Gasteiger partial charge < -0.3 is 0 Å². The third-order valence-electron chi connectivity index (χ3n) is 3.04.